The van der Waals surface area contributed by atoms with E-state index < -0.39 is 21.7 Å². The molecule has 2 N–H and O–H groups in total. The maximum Gasteiger partial charge on any atom is 0.254 e. The normalized spacial score (nSPS) is 11.8. The zero-order valence-electron chi connectivity index (χ0n) is 17.6. The van der Waals surface area contributed by atoms with Gasteiger partial charge < -0.3 is 9.88 Å². The molecule has 166 valence electrons. The minimum Gasteiger partial charge on any atom is -0.352 e. The van der Waals surface area contributed by atoms with Gasteiger partial charge in [-0.05, 0) is 36.8 Å². The Morgan fingerprint density at radius 2 is 2.03 bits per heavy atom. The van der Waals surface area contributed by atoms with Crippen molar-refractivity contribution in [2.45, 2.75) is 50.2 Å². The quantitative estimate of drug-likeness (QED) is 0.397. The lowest BCUT2D eigenvalue weighted by Crippen LogP contribution is -2.27. The number of sulfonamides is 1. The lowest BCUT2D eigenvalue weighted by Gasteiger charge is -2.12. The van der Waals surface area contributed by atoms with E-state index in [1.165, 1.54) is 11.8 Å². The van der Waals surface area contributed by atoms with Crippen LogP contribution in [0.2, 0.25) is 0 Å². The van der Waals surface area contributed by atoms with E-state index in [2.05, 4.69) is 38.7 Å². The number of aromatic nitrogens is 3. The first kappa shape index (κ1) is 24.3. The molecular formula is C19H28FN5O3S2. The van der Waals surface area contributed by atoms with Crippen molar-refractivity contribution in [3.8, 4) is 0 Å². The highest BCUT2D eigenvalue weighted by atomic mass is 32.2. The van der Waals surface area contributed by atoms with Crippen LogP contribution in [0.25, 0.3) is 0 Å². The van der Waals surface area contributed by atoms with Crippen LogP contribution in [0.1, 0.15) is 43.4 Å². The van der Waals surface area contributed by atoms with Gasteiger partial charge in [-0.1, -0.05) is 32.5 Å². The Morgan fingerprint density at radius 1 is 1.30 bits per heavy atom. The zero-order valence-corrected chi connectivity index (χ0v) is 19.2. The number of hydrogen-bond acceptors (Lipinski definition) is 6. The second-order valence-corrected chi connectivity index (χ2v) is 9.65. The number of nitrogens with zero attached hydrogens (tertiary/aromatic N) is 3. The summed E-state index contributed by atoms with van der Waals surface area (Å²) in [5.41, 5.74) is -0.304. The minimum atomic E-state index is -3.78. The fourth-order valence-corrected chi connectivity index (χ4v) is 4.46. The topological polar surface area (TPSA) is 106 Å². The van der Waals surface area contributed by atoms with E-state index in [-0.39, 0.29) is 17.0 Å². The monoisotopic (exact) mass is 457 g/mol. The summed E-state index contributed by atoms with van der Waals surface area (Å²) in [4.78, 5) is 12.2. The largest absolute Gasteiger partial charge is 0.352 e. The summed E-state index contributed by atoms with van der Waals surface area (Å²) in [6, 6.07) is 3.17. The highest BCUT2D eigenvalue weighted by molar-refractivity contribution is 7.98. The smallest absolute Gasteiger partial charge is 0.254 e. The van der Waals surface area contributed by atoms with E-state index >= 15 is 0 Å². The second kappa shape index (κ2) is 10.9. The molecule has 0 fully saturated rings. The molecule has 2 rings (SSSR count). The van der Waals surface area contributed by atoms with Crippen LogP contribution in [-0.4, -0.2) is 48.4 Å². The Hall–Kier alpha value is -1.98. The van der Waals surface area contributed by atoms with Crippen molar-refractivity contribution < 1.29 is 17.6 Å². The number of amides is 1. The molecule has 1 aromatic carbocycles. The number of nitrogens with one attached hydrogen (secondary N) is 2. The van der Waals surface area contributed by atoms with Crippen LogP contribution in [0.5, 0.6) is 0 Å². The number of carbonyl (C=O) groups is 1. The Morgan fingerprint density at radius 3 is 2.67 bits per heavy atom. The third kappa shape index (κ3) is 6.26. The van der Waals surface area contributed by atoms with E-state index in [4.69, 9.17) is 0 Å². The summed E-state index contributed by atoms with van der Waals surface area (Å²) in [5, 5.41) is 11.9. The van der Waals surface area contributed by atoms with Gasteiger partial charge >= 0.3 is 0 Å². The first-order chi connectivity index (χ1) is 14.2. The van der Waals surface area contributed by atoms with Crippen molar-refractivity contribution in [1.29, 1.82) is 0 Å². The zero-order chi connectivity index (χ0) is 22.3. The Balaban J connectivity index is 2.00. The molecule has 0 aliphatic heterocycles. The molecule has 0 saturated heterocycles. The maximum absolute atomic E-state index is 14.1. The molecule has 11 heteroatoms. The molecular weight excluding hydrogens is 429 g/mol. The molecule has 0 radical (unpaired) electrons. The van der Waals surface area contributed by atoms with Crippen LogP contribution in [0.3, 0.4) is 0 Å². The third-order valence-electron chi connectivity index (χ3n) is 4.21. The van der Waals surface area contributed by atoms with Crippen molar-refractivity contribution in [2.24, 2.45) is 5.92 Å². The molecule has 0 spiro atoms. The van der Waals surface area contributed by atoms with Crippen LogP contribution < -0.4 is 10.0 Å². The van der Waals surface area contributed by atoms with Gasteiger partial charge in [-0.2, -0.15) is 0 Å². The van der Waals surface area contributed by atoms with Crippen LogP contribution in [0.4, 0.5) is 4.39 Å². The minimum absolute atomic E-state index is 0.151. The third-order valence-corrected chi connectivity index (χ3v) is 6.42. The highest BCUT2D eigenvalue weighted by Gasteiger charge is 2.19. The predicted octanol–water partition coefficient (Wildman–Crippen LogP) is 2.46. The number of hydrogen-bond donors (Lipinski definition) is 2. The van der Waals surface area contributed by atoms with Crippen molar-refractivity contribution in [3.05, 3.63) is 35.4 Å². The number of thioether (sulfide) groups is 1. The molecule has 0 bridgehead atoms. The number of carbonyl (C=O) groups excluding carboxylic acids is 1. The van der Waals surface area contributed by atoms with Gasteiger partial charge in [-0.15, -0.1) is 10.2 Å². The Bertz CT molecular complexity index is 977. The lowest BCUT2D eigenvalue weighted by molar-refractivity contribution is 0.0949. The van der Waals surface area contributed by atoms with Crippen molar-refractivity contribution in [2.75, 3.05) is 19.3 Å². The summed E-state index contributed by atoms with van der Waals surface area (Å²) in [7, 11) is -3.78. The second-order valence-electron chi connectivity index (χ2n) is 7.11. The van der Waals surface area contributed by atoms with Crippen LogP contribution in [0.15, 0.2) is 28.3 Å². The summed E-state index contributed by atoms with van der Waals surface area (Å²) in [5.74, 6) is -0.148. The first-order valence-corrected chi connectivity index (χ1v) is 12.4. The van der Waals surface area contributed by atoms with Crippen molar-refractivity contribution in [3.63, 3.8) is 0 Å². The van der Waals surface area contributed by atoms with E-state index in [0.29, 0.717) is 25.3 Å². The van der Waals surface area contributed by atoms with Crippen LogP contribution >= 0.6 is 11.8 Å². The molecule has 0 saturated carbocycles. The van der Waals surface area contributed by atoms with Gasteiger partial charge in [-0.25, -0.2) is 17.5 Å². The van der Waals surface area contributed by atoms with Gasteiger partial charge in [0, 0.05) is 26.1 Å². The van der Waals surface area contributed by atoms with Crippen molar-refractivity contribution >= 4 is 27.7 Å². The summed E-state index contributed by atoms with van der Waals surface area (Å²) >= 11 is 1.53. The predicted molar refractivity (Wildman–Crippen MR) is 115 cm³/mol. The van der Waals surface area contributed by atoms with Gasteiger partial charge in [0.05, 0.1) is 10.5 Å². The molecule has 1 amide bonds. The maximum atomic E-state index is 14.1. The van der Waals surface area contributed by atoms with Gasteiger partial charge in [-0.3, -0.25) is 4.79 Å². The number of halogens is 1. The molecule has 0 aliphatic rings. The summed E-state index contributed by atoms with van der Waals surface area (Å²) < 4.78 is 42.7. The number of benzene rings is 1. The first-order valence-electron chi connectivity index (χ1n) is 9.73. The fraction of sp³-hybridized carbons (Fsp3) is 0.526. The van der Waals surface area contributed by atoms with Crippen LogP contribution in [-0.2, 0) is 23.0 Å². The van der Waals surface area contributed by atoms with Gasteiger partial charge in [0.2, 0.25) is 10.0 Å². The van der Waals surface area contributed by atoms with Gasteiger partial charge in [0.1, 0.15) is 11.6 Å². The SMILES string of the molecule is CCNS(=O)(=O)c1ccc(F)c(C(=O)NCCCc2nnc(SC)n2CC(C)C)c1. The van der Waals surface area contributed by atoms with Gasteiger partial charge in [0.15, 0.2) is 5.16 Å². The van der Waals surface area contributed by atoms with E-state index in [1.807, 2.05) is 6.26 Å². The standard InChI is InChI=1S/C19H28FN5O3S2/c1-5-22-30(27,28)14-8-9-16(20)15(11-14)18(26)21-10-6-7-17-23-24-19(29-4)25(17)12-13(2)3/h8-9,11,13,22H,5-7,10,12H2,1-4H3,(H,21,26). The van der Waals surface area contributed by atoms with E-state index in [9.17, 15) is 17.6 Å². The van der Waals surface area contributed by atoms with Gasteiger partial charge in [0.25, 0.3) is 5.91 Å². The molecule has 30 heavy (non-hydrogen) atoms. The molecule has 0 aliphatic carbocycles. The molecule has 2 aromatic rings. The fourth-order valence-electron chi connectivity index (χ4n) is 2.87. The van der Waals surface area contributed by atoms with Crippen molar-refractivity contribution in [1.82, 2.24) is 24.8 Å². The van der Waals surface area contributed by atoms with E-state index in [1.54, 1.807) is 6.92 Å². The number of rotatable bonds is 11. The molecule has 1 aromatic heterocycles. The van der Waals surface area contributed by atoms with Crippen LogP contribution in [0, 0.1) is 11.7 Å². The molecule has 0 unspecified atom stereocenters. The number of aryl methyl sites for hydroxylation is 1. The van der Waals surface area contributed by atoms with E-state index in [0.717, 1.165) is 35.7 Å². The summed E-state index contributed by atoms with van der Waals surface area (Å²) in [6.45, 7) is 7.18. The average molecular weight is 458 g/mol. The molecule has 0 atom stereocenters. The lowest BCUT2D eigenvalue weighted by atomic mass is 10.2. The average Bonchev–Trinajstić information content (AvgIpc) is 3.06. The molecule has 1 heterocycles. The molecule has 8 nitrogen and oxygen atoms in total. The Labute approximate surface area is 181 Å². The summed E-state index contributed by atoms with van der Waals surface area (Å²) in [6.07, 6.45) is 3.15. The highest BCUT2D eigenvalue weighted by Crippen LogP contribution is 2.17. The Kier molecular flexibility index (Phi) is 8.80.